The average molecular weight is 533 g/mol. The number of fused-ring (bicyclic) bond motifs is 1. The van der Waals surface area contributed by atoms with E-state index in [1.807, 2.05) is 0 Å². The van der Waals surface area contributed by atoms with Crippen LogP contribution >= 0.6 is 11.6 Å². The van der Waals surface area contributed by atoms with Gasteiger partial charge in [-0.05, 0) is 18.9 Å². The fourth-order valence-electron chi connectivity index (χ4n) is 4.85. The van der Waals surface area contributed by atoms with Crippen molar-refractivity contribution in [1.82, 2.24) is 14.5 Å². The summed E-state index contributed by atoms with van der Waals surface area (Å²) in [6.45, 7) is 1.01. The molecule has 13 heteroatoms. The summed E-state index contributed by atoms with van der Waals surface area (Å²) in [5.41, 5.74) is 10.2. The highest BCUT2D eigenvalue weighted by molar-refractivity contribution is 6.38. The number of carboxylic acid groups (broad SMARTS) is 1. The largest absolute Gasteiger partial charge is 0.477 e. The van der Waals surface area contributed by atoms with Crippen LogP contribution in [0.3, 0.4) is 0 Å². The molecule has 2 aliphatic carbocycles. The molecule has 0 radical (unpaired) electrons. The van der Waals surface area contributed by atoms with E-state index in [0.717, 1.165) is 25.1 Å². The van der Waals surface area contributed by atoms with E-state index >= 15 is 4.39 Å². The molecular formula is C24H23ClF2N6O4. The number of amides is 1. The van der Waals surface area contributed by atoms with Gasteiger partial charge >= 0.3 is 5.97 Å². The molecule has 2 saturated carbocycles. The molecule has 1 spiro atoms. The fraction of sp³-hybridized carbons (Fsp3) is 0.375. The van der Waals surface area contributed by atoms with Crippen LogP contribution in [-0.4, -0.2) is 56.8 Å². The predicted octanol–water partition coefficient (Wildman–Crippen LogP) is 2.28. The highest BCUT2D eigenvalue weighted by Gasteiger charge is 2.54. The first-order valence-corrected chi connectivity index (χ1v) is 11.9. The zero-order valence-corrected chi connectivity index (χ0v) is 20.2. The Hall–Kier alpha value is -3.64. The molecule has 3 aliphatic rings. The van der Waals surface area contributed by atoms with Crippen molar-refractivity contribution in [2.45, 2.75) is 37.5 Å². The number of carboxylic acids is 1. The standard InChI is InChI=1S/C19H18ClF2N3O3.C5H5N3O/c20-14-15-8(17(26)9(18(27)28)5-25(15)12-4-10(12)21)3-11(22)16(14)24-6-13(23)19(7-24)1-2-19;6-5(9)4-3-7-1-2-8-4/h3,5,10,12-13H,1-2,4,6-7,23H2,(H,27,28);1-3H,(H2,6,9)/t10-,12+,13+;/m0./s1. The van der Waals surface area contributed by atoms with Gasteiger partial charge in [0.05, 0.1) is 33.9 Å². The van der Waals surface area contributed by atoms with Crippen molar-refractivity contribution >= 4 is 40.1 Å². The number of hydrogen-bond acceptors (Lipinski definition) is 7. The Labute approximate surface area is 213 Å². The molecule has 3 fully saturated rings. The second-order valence-electron chi connectivity index (χ2n) is 9.62. The Morgan fingerprint density at radius 3 is 2.46 bits per heavy atom. The van der Waals surface area contributed by atoms with E-state index < -0.39 is 40.9 Å². The first-order chi connectivity index (χ1) is 17.5. The lowest BCUT2D eigenvalue weighted by atomic mass is 10.0. The number of nitrogens with zero attached hydrogens (tertiary/aromatic N) is 4. The molecule has 1 amide bonds. The van der Waals surface area contributed by atoms with E-state index in [2.05, 4.69) is 9.97 Å². The number of benzene rings is 1. The number of carbonyl (C=O) groups excluding carboxylic acids is 1. The number of nitrogens with two attached hydrogens (primary N) is 2. The van der Waals surface area contributed by atoms with Crippen molar-refractivity contribution in [1.29, 1.82) is 0 Å². The Morgan fingerprint density at radius 1 is 1.27 bits per heavy atom. The second kappa shape index (κ2) is 9.03. The van der Waals surface area contributed by atoms with Gasteiger partial charge in [-0.2, -0.15) is 0 Å². The number of rotatable bonds is 4. The number of alkyl halides is 1. The fourth-order valence-corrected chi connectivity index (χ4v) is 5.26. The first kappa shape index (κ1) is 25.0. The predicted molar refractivity (Wildman–Crippen MR) is 131 cm³/mol. The van der Waals surface area contributed by atoms with Gasteiger partial charge in [0.1, 0.15) is 23.2 Å². The SMILES string of the molecule is NC(=O)c1cnccn1.N[C@@H]1CN(c2c(F)cc3c(=O)c(C(=O)O)cn([C@@H]4C[C@@H]4F)c3c2Cl)CC12CC2. The average Bonchev–Trinajstić information content (AvgIpc) is 3.76. The summed E-state index contributed by atoms with van der Waals surface area (Å²) in [6, 6.07) is 0.308. The quantitative estimate of drug-likeness (QED) is 0.461. The van der Waals surface area contributed by atoms with Gasteiger partial charge in [-0.25, -0.2) is 18.6 Å². The molecule has 1 aliphatic heterocycles. The van der Waals surface area contributed by atoms with E-state index in [-0.39, 0.29) is 45.2 Å². The number of aromatic carboxylic acids is 1. The Bertz CT molecular complexity index is 1480. The molecule has 2 aromatic heterocycles. The molecule has 1 saturated heterocycles. The van der Waals surface area contributed by atoms with Crippen LogP contribution in [0.25, 0.3) is 10.9 Å². The van der Waals surface area contributed by atoms with Crippen LogP contribution in [-0.2, 0) is 0 Å². The third-order valence-corrected chi connectivity index (χ3v) is 7.54. The lowest BCUT2D eigenvalue weighted by molar-refractivity contribution is 0.0694. The summed E-state index contributed by atoms with van der Waals surface area (Å²) in [4.78, 5) is 43.4. The molecule has 10 nitrogen and oxygen atoms in total. The summed E-state index contributed by atoms with van der Waals surface area (Å²) >= 11 is 6.56. The number of halogens is 3. The number of anilines is 1. The van der Waals surface area contributed by atoms with Crippen LogP contribution in [0.1, 0.15) is 46.2 Å². The number of pyridine rings is 1. The Balaban J connectivity index is 0.000000265. The van der Waals surface area contributed by atoms with Gasteiger partial charge in [0.25, 0.3) is 5.91 Å². The molecule has 3 aromatic rings. The maximum atomic E-state index is 15.0. The van der Waals surface area contributed by atoms with E-state index in [1.165, 1.54) is 23.2 Å². The maximum Gasteiger partial charge on any atom is 0.341 e. The Kier molecular flexibility index (Phi) is 6.11. The third-order valence-electron chi connectivity index (χ3n) is 7.19. The van der Waals surface area contributed by atoms with Crippen LogP contribution in [0.2, 0.25) is 5.02 Å². The van der Waals surface area contributed by atoms with Crippen LogP contribution in [0.4, 0.5) is 14.5 Å². The molecule has 194 valence electrons. The van der Waals surface area contributed by atoms with E-state index in [9.17, 15) is 23.9 Å². The van der Waals surface area contributed by atoms with Gasteiger partial charge in [-0.15, -0.1) is 0 Å². The van der Waals surface area contributed by atoms with Gasteiger partial charge in [0.15, 0.2) is 0 Å². The number of hydrogen-bond donors (Lipinski definition) is 3. The van der Waals surface area contributed by atoms with Crippen LogP contribution in [0.5, 0.6) is 0 Å². The molecule has 5 N–H and O–H groups in total. The zero-order valence-electron chi connectivity index (χ0n) is 19.4. The first-order valence-electron chi connectivity index (χ1n) is 11.5. The molecule has 3 heterocycles. The third kappa shape index (κ3) is 4.40. The van der Waals surface area contributed by atoms with E-state index in [1.54, 1.807) is 4.90 Å². The van der Waals surface area contributed by atoms with Gasteiger partial charge < -0.3 is 26.0 Å². The van der Waals surface area contributed by atoms with Crippen molar-refractivity contribution in [2.75, 3.05) is 18.0 Å². The van der Waals surface area contributed by atoms with Gasteiger partial charge in [0, 0.05) is 49.6 Å². The summed E-state index contributed by atoms with van der Waals surface area (Å²) in [5, 5.41) is 9.16. The van der Waals surface area contributed by atoms with Crippen molar-refractivity contribution in [3.05, 3.63) is 63.2 Å². The van der Waals surface area contributed by atoms with E-state index in [4.69, 9.17) is 23.1 Å². The highest BCUT2D eigenvalue weighted by Crippen LogP contribution is 2.54. The second-order valence-corrected chi connectivity index (χ2v) is 10.0. The molecule has 3 atom stereocenters. The zero-order chi connectivity index (χ0) is 26.6. The monoisotopic (exact) mass is 532 g/mol. The highest BCUT2D eigenvalue weighted by atomic mass is 35.5. The van der Waals surface area contributed by atoms with Crippen LogP contribution < -0.4 is 21.8 Å². The maximum absolute atomic E-state index is 15.0. The van der Waals surface area contributed by atoms with Crippen molar-refractivity contribution < 1.29 is 23.5 Å². The van der Waals surface area contributed by atoms with E-state index in [0.29, 0.717) is 13.1 Å². The smallest absolute Gasteiger partial charge is 0.341 e. The normalized spacial score (nSPS) is 23.0. The van der Waals surface area contributed by atoms with Crippen molar-refractivity contribution in [3.8, 4) is 0 Å². The molecule has 1 aromatic carbocycles. The minimum absolute atomic E-state index is 0.00645. The van der Waals surface area contributed by atoms with Crippen molar-refractivity contribution in [3.63, 3.8) is 0 Å². The lowest BCUT2D eigenvalue weighted by Gasteiger charge is -2.23. The Morgan fingerprint density at radius 2 is 1.97 bits per heavy atom. The topological polar surface area (TPSA) is 157 Å². The molecule has 37 heavy (non-hydrogen) atoms. The number of carbonyl (C=O) groups is 2. The van der Waals surface area contributed by atoms with Crippen LogP contribution in [0, 0.1) is 11.2 Å². The minimum Gasteiger partial charge on any atom is -0.477 e. The molecule has 6 rings (SSSR count). The summed E-state index contributed by atoms with van der Waals surface area (Å²) in [7, 11) is 0. The molecule has 0 unspecified atom stereocenters. The summed E-state index contributed by atoms with van der Waals surface area (Å²) in [6.07, 6.45) is 6.33. The summed E-state index contributed by atoms with van der Waals surface area (Å²) < 4.78 is 30.2. The summed E-state index contributed by atoms with van der Waals surface area (Å²) in [5.74, 6) is -2.71. The molecule has 0 bridgehead atoms. The van der Waals surface area contributed by atoms with Gasteiger partial charge in [0.2, 0.25) is 5.43 Å². The minimum atomic E-state index is -1.45. The van der Waals surface area contributed by atoms with Gasteiger partial charge in [-0.3, -0.25) is 14.6 Å². The number of primary amides is 1. The lowest BCUT2D eigenvalue weighted by Crippen LogP contribution is -2.30. The van der Waals surface area contributed by atoms with Crippen LogP contribution in [0.15, 0.2) is 35.6 Å². The molecular weight excluding hydrogens is 510 g/mol. The number of aromatic nitrogens is 3. The van der Waals surface area contributed by atoms with Crippen molar-refractivity contribution in [2.24, 2.45) is 16.9 Å². The van der Waals surface area contributed by atoms with Gasteiger partial charge in [-0.1, -0.05) is 11.6 Å².